The van der Waals surface area contributed by atoms with Crippen LogP contribution < -0.4 is 11.5 Å². The number of benzene rings is 1. The molecule has 1 aromatic carbocycles. The second-order valence-electron chi connectivity index (χ2n) is 5.32. The van der Waals surface area contributed by atoms with Gasteiger partial charge in [-0.2, -0.15) is 0 Å². The maximum absolute atomic E-state index is 12.2. The standard InChI is InChI=1S/C15H23N3O/c1-2-6-13(16)15(19)18-9-12(14(17)10-18)11-7-4-3-5-8-11/h3-5,7-8,12-14H,2,6,9-10,16-17H2,1H3/t12-,13?,14+/m0/s1. The number of amides is 1. The average Bonchev–Trinajstić information content (AvgIpc) is 2.81. The van der Waals surface area contributed by atoms with Gasteiger partial charge in [-0.3, -0.25) is 4.79 Å². The molecule has 104 valence electrons. The molecule has 1 aromatic rings. The Balaban J connectivity index is 2.03. The van der Waals surface area contributed by atoms with Gasteiger partial charge in [0.2, 0.25) is 5.91 Å². The molecule has 3 atom stereocenters. The van der Waals surface area contributed by atoms with Crippen LogP contribution in [0, 0.1) is 0 Å². The van der Waals surface area contributed by atoms with Gasteiger partial charge < -0.3 is 16.4 Å². The predicted octanol–water partition coefficient (Wildman–Crippen LogP) is 1.07. The van der Waals surface area contributed by atoms with E-state index in [1.54, 1.807) is 0 Å². The molecule has 1 heterocycles. The second-order valence-corrected chi connectivity index (χ2v) is 5.32. The van der Waals surface area contributed by atoms with E-state index in [-0.39, 0.29) is 23.9 Å². The van der Waals surface area contributed by atoms with Crippen LogP contribution in [0.2, 0.25) is 0 Å². The van der Waals surface area contributed by atoms with Crippen molar-refractivity contribution in [3.8, 4) is 0 Å². The smallest absolute Gasteiger partial charge is 0.239 e. The van der Waals surface area contributed by atoms with Gasteiger partial charge in [-0.05, 0) is 12.0 Å². The fourth-order valence-corrected chi connectivity index (χ4v) is 2.73. The normalized spacial score (nSPS) is 24.5. The lowest BCUT2D eigenvalue weighted by Gasteiger charge is -2.20. The summed E-state index contributed by atoms with van der Waals surface area (Å²) in [5.74, 6) is 0.259. The Hall–Kier alpha value is -1.39. The molecule has 1 aliphatic rings. The number of hydrogen-bond donors (Lipinski definition) is 2. The fourth-order valence-electron chi connectivity index (χ4n) is 2.73. The summed E-state index contributed by atoms with van der Waals surface area (Å²) < 4.78 is 0. The van der Waals surface area contributed by atoms with Crippen LogP contribution in [0.5, 0.6) is 0 Å². The van der Waals surface area contributed by atoms with Crippen LogP contribution in [-0.2, 0) is 4.79 Å². The highest BCUT2D eigenvalue weighted by Gasteiger charge is 2.35. The van der Waals surface area contributed by atoms with E-state index in [4.69, 9.17) is 11.5 Å². The zero-order valence-corrected chi connectivity index (χ0v) is 11.5. The third-order valence-electron chi connectivity index (χ3n) is 3.82. The predicted molar refractivity (Wildman–Crippen MR) is 76.6 cm³/mol. The SMILES string of the molecule is CCCC(N)C(=O)N1C[C@@H](N)[C@H](c2ccccc2)C1. The number of rotatable bonds is 4. The van der Waals surface area contributed by atoms with Crippen LogP contribution >= 0.6 is 0 Å². The first-order valence-corrected chi connectivity index (χ1v) is 6.98. The van der Waals surface area contributed by atoms with Crippen LogP contribution in [0.4, 0.5) is 0 Å². The van der Waals surface area contributed by atoms with Crippen molar-refractivity contribution in [3.63, 3.8) is 0 Å². The van der Waals surface area contributed by atoms with Crippen molar-refractivity contribution < 1.29 is 4.79 Å². The summed E-state index contributed by atoms with van der Waals surface area (Å²) in [4.78, 5) is 14.0. The van der Waals surface area contributed by atoms with E-state index in [0.29, 0.717) is 13.1 Å². The molecule has 0 bridgehead atoms. The Bertz CT molecular complexity index is 421. The molecule has 1 unspecified atom stereocenters. The molecule has 1 aliphatic heterocycles. The molecule has 1 saturated heterocycles. The van der Waals surface area contributed by atoms with Gasteiger partial charge in [0.15, 0.2) is 0 Å². The maximum Gasteiger partial charge on any atom is 0.239 e. The Morgan fingerprint density at radius 2 is 2.05 bits per heavy atom. The summed E-state index contributed by atoms with van der Waals surface area (Å²) in [5, 5.41) is 0. The summed E-state index contributed by atoms with van der Waals surface area (Å²) in [6.07, 6.45) is 1.66. The van der Waals surface area contributed by atoms with E-state index in [2.05, 4.69) is 12.1 Å². The van der Waals surface area contributed by atoms with Gasteiger partial charge in [0.1, 0.15) is 0 Å². The van der Waals surface area contributed by atoms with Gasteiger partial charge in [0.05, 0.1) is 6.04 Å². The minimum Gasteiger partial charge on any atom is -0.339 e. The Morgan fingerprint density at radius 3 is 2.68 bits per heavy atom. The second kappa shape index (κ2) is 6.17. The van der Waals surface area contributed by atoms with E-state index in [1.807, 2.05) is 30.0 Å². The zero-order chi connectivity index (χ0) is 13.8. The molecular weight excluding hydrogens is 238 g/mol. The molecule has 4 nitrogen and oxygen atoms in total. The number of hydrogen-bond acceptors (Lipinski definition) is 3. The summed E-state index contributed by atoms with van der Waals surface area (Å²) in [6, 6.07) is 9.77. The van der Waals surface area contributed by atoms with Crippen LogP contribution in [0.3, 0.4) is 0 Å². The lowest BCUT2D eigenvalue weighted by atomic mass is 9.95. The topological polar surface area (TPSA) is 72.4 Å². The van der Waals surface area contributed by atoms with Crippen LogP contribution in [0.15, 0.2) is 30.3 Å². The molecule has 1 fully saturated rings. The Morgan fingerprint density at radius 1 is 1.37 bits per heavy atom. The first-order chi connectivity index (χ1) is 9.13. The third kappa shape index (κ3) is 3.14. The minimum atomic E-state index is -0.383. The van der Waals surface area contributed by atoms with E-state index in [1.165, 1.54) is 5.56 Å². The maximum atomic E-state index is 12.2. The van der Waals surface area contributed by atoms with Crippen molar-refractivity contribution in [2.45, 2.75) is 37.8 Å². The van der Waals surface area contributed by atoms with Gasteiger partial charge >= 0.3 is 0 Å². The molecule has 0 spiro atoms. The minimum absolute atomic E-state index is 0.000163. The molecule has 0 aliphatic carbocycles. The zero-order valence-electron chi connectivity index (χ0n) is 11.5. The highest BCUT2D eigenvalue weighted by molar-refractivity contribution is 5.82. The highest BCUT2D eigenvalue weighted by atomic mass is 16.2. The molecule has 0 aromatic heterocycles. The Kier molecular flexibility index (Phi) is 4.56. The first-order valence-electron chi connectivity index (χ1n) is 6.98. The van der Waals surface area contributed by atoms with Crippen LogP contribution in [0.1, 0.15) is 31.2 Å². The molecule has 2 rings (SSSR count). The van der Waals surface area contributed by atoms with Gasteiger partial charge in [-0.1, -0.05) is 43.7 Å². The molecule has 0 radical (unpaired) electrons. The number of nitrogens with two attached hydrogens (primary N) is 2. The van der Waals surface area contributed by atoms with E-state index < -0.39 is 0 Å². The molecule has 4 N–H and O–H groups in total. The van der Waals surface area contributed by atoms with E-state index in [9.17, 15) is 4.79 Å². The number of likely N-dealkylation sites (tertiary alicyclic amines) is 1. The number of carbonyl (C=O) groups excluding carboxylic acids is 1. The van der Waals surface area contributed by atoms with Crippen molar-refractivity contribution in [3.05, 3.63) is 35.9 Å². The van der Waals surface area contributed by atoms with Crippen molar-refractivity contribution in [2.75, 3.05) is 13.1 Å². The van der Waals surface area contributed by atoms with Gasteiger partial charge in [0, 0.05) is 25.0 Å². The molecule has 0 saturated carbocycles. The largest absolute Gasteiger partial charge is 0.339 e. The van der Waals surface area contributed by atoms with Crippen molar-refractivity contribution in [2.24, 2.45) is 11.5 Å². The average molecular weight is 261 g/mol. The third-order valence-corrected chi connectivity index (χ3v) is 3.82. The van der Waals surface area contributed by atoms with Gasteiger partial charge in [-0.15, -0.1) is 0 Å². The van der Waals surface area contributed by atoms with E-state index in [0.717, 1.165) is 12.8 Å². The summed E-state index contributed by atoms with van der Waals surface area (Å²) in [5.41, 5.74) is 13.3. The van der Waals surface area contributed by atoms with Crippen LogP contribution in [-0.4, -0.2) is 36.0 Å². The monoisotopic (exact) mass is 261 g/mol. The molecule has 19 heavy (non-hydrogen) atoms. The Labute approximate surface area is 114 Å². The molecular formula is C15H23N3O. The number of nitrogens with zero attached hydrogens (tertiary/aromatic N) is 1. The van der Waals surface area contributed by atoms with Crippen molar-refractivity contribution in [1.82, 2.24) is 4.90 Å². The first kappa shape index (κ1) is 14.0. The van der Waals surface area contributed by atoms with Gasteiger partial charge in [-0.25, -0.2) is 0 Å². The molecule has 4 heteroatoms. The van der Waals surface area contributed by atoms with Crippen molar-refractivity contribution >= 4 is 5.91 Å². The lowest BCUT2D eigenvalue weighted by Crippen LogP contribution is -2.43. The molecule has 1 amide bonds. The number of carbonyl (C=O) groups is 1. The fraction of sp³-hybridized carbons (Fsp3) is 0.533. The van der Waals surface area contributed by atoms with Gasteiger partial charge in [0.25, 0.3) is 0 Å². The summed E-state index contributed by atoms with van der Waals surface area (Å²) >= 11 is 0. The lowest BCUT2D eigenvalue weighted by molar-refractivity contribution is -0.131. The highest BCUT2D eigenvalue weighted by Crippen LogP contribution is 2.26. The van der Waals surface area contributed by atoms with Crippen molar-refractivity contribution in [1.29, 1.82) is 0 Å². The summed E-state index contributed by atoms with van der Waals surface area (Å²) in [6.45, 7) is 3.33. The van der Waals surface area contributed by atoms with E-state index >= 15 is 0 Å². The summed E-state index contributed by atoms with van der Waals surface area (Å²) in [7, 11) is 0. The van der Waals surface area contributed by atoms with Crippen LogP contribution in [0.25, 0.3) is 0 Å². The quantitative estimate of drug-likeness (QED) is 0.851.